The molecule has 2 heteroatoms. The fraction of sp³-hybridized carbons (Fsp3) is 0.0149. The molecule has 0 atom stereocenters. The molecule has 2 nitrogen and oxygen atoms in total. The van der Waals surface area contributed by atoms with Crippen LogP contribution in [0.4, 0.5) is 17.1 Å². The molecule has 0 saturated carbocycles. The van der Waals surface area contributed by atoms with Crippen LogP contribution in [0.15, 0.2) is 267 Å². The lowest BCUT2D eigenvalue weighted by molar-refractivity contribution is 0.770. The van der Waals surface area contributed by atoms with Crippen molar-refractivity contribution in [3.8, 4) is 27.9 Å². The fourth-order valence-corrected chi connectivity index (χ4v) is 11.9. The van der Waals surface area contributed by atoms with E-state index in [0.29, 0.717) is 0 Å². The van der Waals surface area contributed by atoms with E-state index in [0.717, 1.165) is 22.7 Å². The normalized spacial score (nSPS) is 12.8. The summed E-state index contributed by atoms with van der Waals surface area (Å²) in [7, 11) is 0. The molecule has 0 amide bonds. The molecule has 1 aliphatic carbocycles. The first-order valence-electron chi connectivity index (χ1n) is 23.9. The Balaban J connectivity index is 0.934. The Hall–Kier alpha value is -8.98. The Morgan fingerprint density at radius 1 is 0.275 bits per heavy atom. The van der Waals surface area contributed by atoms with Crippen LogP contribution in [-0.4, -0.2) is 4.57 Å². The van der Waals surface area contributed by atoms with Gasteiger partial charge >= 0.3 is 0 Å². The number of rotatable bonds is 7. The van der Waals surface area contributed by atoms with Crippen molar-refractivity contribution in [2.75, 3.05) is 4.90 Å². The molecule has 0 spiro atoms. The molecule has 0 saturated heterocycles. The molecule has 1 heterocycles. The van der Waals surface area contributed by atoms with Gasteiger partial charge in [0.15, 0.2) is 0 Å². The summed E-state index contributed by atoms with van der Waals surface area (Å²) in [6.07, 6.45) is 0. The number of fused-ring (bicyclic) bond motifs is 12. The number of hydrogen-bond donors (Lipinski definition) is 0. The summed E-state index contributed by atoms with van der Waals surface area (Å²) in [6.45, 7) is 0. The van der Waals surface area contributed by atoms with Crippen LogP contribution in [-0.2, 0) is 5.41 Å². The van der Waals surface area contributed by atoms with Gasteiger partial charge in [0.1, 0.15) is 0 Å². The van der Waals surface area contributed by atoms with Crippen LogP contribution in [0.1, 0.15) is 22.3 Å². The fourth-order valence-electron chi connectivity index (χ4n) is 11.9. The largest absolute Gasteiger partial charge is 0.310 e. The molecule has 0 aliphatic heterocycles. The van der Waals surface area contributed by atoms with Gasteiger partial charge in [0, 0.05) is 33.5 Å². The summed E-state index contributed by atoms with van der Waals surface area (Å²) < 4.78 is 2.43. The number of aromatic nitrogens is 1. The van der Waals surface area contributed by atoms with E-state index >= 15 is 0 Å². The van der Waals surface area contributed by atoms with Crippen molar-refractivity contribution in [2.45, 2.75) is 5.41 Å². The molecule has 0 unspecified atom stereocenters. The molecule has 322 valence electrons. The second-order valence-corrected chi connectivity index (χ2v) is 18.4. The minimum atomic E-state index is -0.492. The molecule has 0 N–H and O–H groups in total. The monoisotopic (exact) mass is 876 g/mol. The molecule has 0 radical (unpaired) electrons. The highest BCUT2D eigenvalue weighted by Crippen LogP contribution is 2.56. The van der Waals surface area contributed by atoms with Gasteiger partial charge in [-0.3, -0.25) is 0 Å². The third kappa shape index (κ3) is 5.92. The van der Waals surface area contributed by atoms with E-state index in [1.54, 1.807) is 0 Å². The van der Waals surface area contributed by atoms with E-state index in [1.807, 2.05) is 0 Å². The quantitative estimate of drug-likeness (QED) is 0.145. The number of hydrogen-bond acceptors (Lipinski definition) is 1. The van der Waals surface area contributed by atoms with Crippen LogP contribution in [0.3, 0.4) is 0 Å². The van der Waals surface area contributed by atoms with Crippen LogP contribution >= 0.6 is 0 Å². The van der Waals surface area contributed by atoms with Crippen LogP contribution < -0.4 is 4.90 Å². The van der Waals surface area contributed by atoms with Gasteiger partial charge in [-0.15, -0.1) is 0 Å². The highest BCUT2D eigenvalue weighted by atomic mass is 15.1. The Bertz CT molecular complexity index is 4030. The topological polar surface area (TPSA) is 8.17 Å². The Morgan fingerprint density at radius 2 is 0.739 bits per heavy atom. The van der Waals surface area contributed by atoms with Crippen molar-refractivity contribution >= 4 is 71.2 Å². The van der Waals surface area contributed by atoms with E-state index in [4.69, 9.17) is 0 Å². The first kappa shape index (κ1) is 39.2. The summed E-state index contributed by atoms with van der Waals surface area (Å²) >= 11 is 0. The molecule has 14 rings (SSSR count). The van der Waals surface area contributed by atoms with Crippen molar-refractivity contribution in [3.05, 3.63) is 289 Å². The van der Waals surface area contributed by atoms with E-state index in [2.05, 4.69) is 276 Å². The Morgan fingerprint density at radius 3 is 1.38 bits per heavy atom. The van der Waals surface area contributed by atoms with Crippen molar-refractivity contribution in [1.29, 1.82) is 0 Å². The summed E-state index contributed by atoms with van der Waals surface area (Å²) in [4.78, 5) is 2.38. The summed E-state index contributed by atoms with van der Waals surface area (Å²) in [6, 6.07) is 98.6. The zero-order chi connectivity index (χ0) is 45.5. The first-order valence-corrected chi connectivity index (χ1v) is 23.9. The lowest BCUT2D eigenvalue weighted by atomic mass is 9.67. The number of nitrogens with zero attached hydrogens (tertiary/aromatic N) is 2. The van der Waals surface area contributed by atoms with Gasteiger partial charge in [-0.05, 0) is 150 Å². The van der Waals surface area contributed by atoms with Gasteiger partial charge in [0.25, 0.3) is 0 Å². The lowest BCUT2D eigenvalue weighted by Gasteiger charge is -2.34. The lowest BCUT2D eigenvalue weighted by Crippen LogP contribution is -2.28. The minimum absolute atomic E-state index is 0.492. The van der Waals surface area contributed by atoms with E-state index in [-0.39, 0.29) is 0 Å². The first-order chi connectivity index (χ1) is 34.2. The highest BCUT2D eigenvalue weighted by Gasteiger charge is 2.46. The Labute approximate surface area is 401 Å². The summed E-state index contributed by atoms with van der Waals surface area (Å²) in [5, 5.41) is 10.1. The second kappa shape index (κ2) is 15.6. The van der Waals surface area contributed by atoms with E-state index in [1.165, 1.54) is 98.6 Å². The van der Waals surface area contributed by atoms with Crippen molar-refractivity contribution in [3.63, 3.8) is 0 Å². The van der Waals surface area contributed by atoms with Gasteiger partial charge in [-0.1, -0.05) is 194 Å². The third-order valence-electron chi connectivity index (χ3n) is 14.8. The SMILES string of the molecule is c1ccc(N(c2ccc(-c3ccc4c(c3)c3cc(C5(c6ccccc6)c6ccccc6-c6ccccc65)ccc3n4-c3ccccc3)cc2)c2ccc3c4ccccc4c4ccccc4c3c2)cc1. The maximum absolute atomic E-state index is 2.49. The number of para-hydroxylation sites is 2. The minimum Gasteiger partial charge on any atom is -0.310 e. The van der Waals surface area contributed by atoms with Gasteiger partial charge in [-0.25, -0.2) is 0 Å². The predicted octanol–water partition coefficient (Wildman–Crippen LogP) is 17.7. The van der Waals surface area contributed by atoms with Gasteiger partial charge in [0.2, 0.25) is 0 Å². The molecule has 1 aliphatic rings. The van der Waals surface area contributed by atoms with Gasteiger partial charge in [0.05, 0.1) is 16.4 Å². The maximum atomic E-state index is 2.49. The van der Waals surface area contributed by atoms with E-state index < -0.39 is 5.41 Å². The molecule has 69 heavy (non-hydrogen) atoms. The molecule has 1 aromatic heterocycles. The zero-order valence-electron chi connectivity index (χ0n) is 37.8. The molecular weight excluding hydrogens is 833 g/mol. The van der Waals surface area contributed by atoms with Crippen molar-refractivity contribution in [1.82, 2.24) is 4.57 Å². The molecule has 12 aromatic carbocycles. The summed E-state index contributed by atoms with van der Waals surface area (Å²) in [5.74, 6) is 0. The number of benzene rings is 12. The van der Waals surface area contributed by atoms with Crippen LogP contribution in [0.5, 0.6) is 0 Å². The van der Waals surface area contributed by atoms with Gasteiger partial charge < -0.3 is 9.47 Å². The second-order valence-electron chi connectivity index (χ2n) is 18.4. The molecular formula is C67H44N2. The average molecular weight is 877 g/mol. The number of anilines is 3. The molecule has 0 bridgehead atoms. The van der Waals surface area contributed by atoms with Gasteiger partial charge in [-0.2, -0.15) is 0 Å². The van der Waals surface area contributed by atoms with Crippen molar-refractivity contribution in [2.24, 2.45) is 0 Å². The van der Waals surface area contributed by atoms with Crippen LogP contribution in [0.25, 0.3) is 82.1 Å². The van der Waals surface area contributed by atoms with Crippen LogP contribution in [0.2, 0.25) is 0 Å². The average Bonchev–Trinajstić information content (AvgIpc) is 3.92. The van der Waals surface area contributed by atoms with E-state index in [9.17, 15) is 0 Å². The Kier molecular flexibility index (Phi) is 8.84. The van der Waals surface area contributed by atoms with Crippen LogP contribution in [0, 0.1) is 0 Å². The third-order valence-corrected chi connectivity index (χ3v) is 14.8. The summed E-state index contributed by atoms with van der Waals surface area (Å²) in [5.41, 5.74) is 16.5. The van der Waals surface area contributed by atoms with Crippen molar-refractivity contribution < 1.29 is 0 Å². The standard InChI is InChI=1S/C67H44N2/c1-4-18-47(19-5-1)67(63-30-16-14-28-58(63)59-29-15-17-31-64(59)67)48-35-41-66-62(43-48)61-42-46(34-40-65(61)69(66)50-22-8-3-9-23-50)45-32-36-51(37-33-45)68(49-20-6-2-7-21-49)52-38-39-57-55-26-11-10-24-53(55)54-25-12-13-27-56(54)60(57)44-52/h1-44H. The maximum Gasteiger partial charge on any atom is 0.0713 e. The highest BCUT2D eigenvalue weighted by molar-refractivity contribution is 6.26. The predicted molar refractivity (Wildman–Crippen MR) is 291 cm³/mol. The zero-order valence-corrected chi connectivity index (χ0v) is 37.8. The molecule has 13 aromatic rings. The molecule has 0 fully saturated rings. The smallest absolute Gasteiger partial charge is 0.0713 e.